The van der Waals surface area contributed by atoms with E-state index in [4.69, 9.17) is 4.74 Å². The monoisotopic (exact) mass is 326 g/mol. The third-order valence-electron chi connectivity index (χ3n) is 3.69. The van der Waals surface area contributed by atoms with Gasteiger partial charge in [-0.25, -0.2) is 9.78 Å². The van der Waals surface area contributed by atoms with E-state index in [1.807, 2.05) is 12.1 Å². The van der Waals surface area contributed by atoms with Crippen molar-refractivity contribution in [2.45, 2.75) is 26.0 Å². The fourth-order valence-electron chi connectivity index (χ4n) is 2.47. The molecule has 0 spiro atoms. The molecule has 0 aliphatic carbocycles. The highest BCUT2D eigenvalue weighted by molar-refractivity contribution is 5.94. The van der Waals surface area contributed by atoms with Gasteiger partial charge >= 0.3 is 6.09 Å². The summed E-state index contributed by atoms with van der Waals surface area (Å²) in [6.45, 7) is 1.17. The van der Waals surface area contributed by atoms with Crippen LogP contribution < -0.4 is 10.2 Å². The van der Waals surface area contributed by atoms with E-state index in [1.54, 1.807) is 35.6 Å². The standard InChI is InChI=1S/C17H18N4O3/c22-16-4-2-8-21(16)15-9-13(5-7-19-15)11-20-17(23)24-12-14-3-1-6-18-10-14/h1,3,5-7,9-10H,2,4,8,11-12H2,(H,20,23). The average molecular weight is 326 g/mol. The molecule has 2 aromatic rings. The summed E-state index contributed by atoms with van der Waals surface area (Å²) in [6.07, 6.45) is 5.85. The zero-order valence-electron chi connectivity index (χ0n) is 13.1. The molecular weight excluding hydrogens is 308 g/mol. The van der Waals surface area contributed by atoms with Gasteiger partial charge in [0, 0.05) is 43.7 Å². The molecule has 7 nitrogen and oxygen atoms in total. The number of nitrogens with one attached hydrogen (secondary N) is 1. The van der Waals surface area contributed by atoms with Crippen molar-refractivity contribution in [3.8, 4) is 0 Å². The number of nitrogens with zero attached hydrogens (tertiary/aromatic N) is 3. The summed E-state index contributed by atoms with van der Waals surface area (Å²) >= 11 is 0. The number of ether oxygens (including phenoxy) is 1. The van der Waals surface area contributed by atoms with Gasteiger partial charge in [0.05, 0.1) is 0 Å². The van der Waals surface area contributed by atoms with Crippen LogP contribution in [0.2, 0.25) is 0 Å². The minimum atomic E-state index is -0.505. The number of anilines is 1. The first-order valence-electron chi connectivity index (χ1n) is 7.77. The Morgan fingerprint density at radius 1 is 1.29 bits per heavy atom. The lowest BCUT2D eigenvalue weighted by molar-refractivity contribution is -0.117. The maximum absolute atomic E-state index is 11.8. The smallest absolute Gasteiger partial charge is 0.407 e. The molecule has 1 aliphatic heterocycles. The van der Waals surface area contributed by atoms with Crippen LogP contribution in [-0.2, 0) is 22.7 Å². The van der Waals surface area contributed by atoms with E-state index in [0.717, 1.165) is 17.5 Å². The molecule has 0 saturated carbocycles. The van der Waals surface area contributed by atoms with Gasteiger partial charge in [-0.2, -0.15) is 0 Å². The fourth-order valence-corrected chi connectivity index (χ4v) is 2.47. The largest absolute Gasteiger partial charge is 0.445 e. The summed E-state index contributed by atoms with van der Waals surface area (Å²) in [7, 11) is 0. The molecule has 124 valence electrons. The number of alkyl carbamates (subject to hydrolysis) is 1. The number of hydrogen-bond acceptors (Lipinski definition) is 5. The Morgan fingerprint density at radius 2 is 2.21 bits per heavy atom. The summed E-state index contributed by atoms with van der Waals surface area (Å²) < 4.78 is 5.13. The van der Waals surface area contributed by atoms with Crippen molar-refractivity contribution in [1.29, 1.82) is 0 Å². The molecule has 0 aromatic carbocycles. The summed E-state index contributed by atoms with van der Waals surface area (Å²) in [6, 6.07) is 7.23. The van der Waals surface area contributed by atoms with E-state index in [0.29, 0.717) is 25.3 Å². The van der Waals surface area contributed by atoms with Crippen LogP contribution in [0.1, 0.15) is 24.0 Å². The predicted molar refractivity (Wildman–Crippen MR) is 87.1 cm³/mol. The molecule has 2 amide bonds. The van der Waals surface area contributed by atoms with Gasteiger partial charge < -0.3 is 10.1 Å². The quantitative estimate of drug-likeness (QED) is 0.909. The van der Waals surface area contributed by atoms with Gasteiger partial charge in [0.1, 0.15) is 12.4 Å². The average Bonchev–Trinajstić information content (AvgIpc) is 3.05. The van der Waals surface area contributed by atoms with E-state index < -0.39 is 6.09 Å². The number of amides is 2. The fraction of sp³-hybridized carbons (Fsp3) is 0.294. The number of rotatable bonds is 5. The molecule has 1 fully saturated rings. The third-order valence-corrected chi connectivity index (χ3v) is 3.69. The first-order valence-corrected chi connectivity index (χ1v) is 7.77. The molecule has 0 atom stereocenters. The van der Waals surface area contributed by atoms with Crippen LogP contribution >= 0.6 is 0 Å². The molecule has 1 N–H and O–H groups in total. The van der Waals surface area contributed by atoms with Crippen molar-refractivity contribution < 1.29 is 14.3 Å². The molecule has 7 heteroatoms. The van der Waals surface area contributed by atoms with Crippen LogP contribution in [0.3, 0.4) is 0 Å². The zero-order chi connectivity index (χ0) is 16.8. The number of carbonyl (C=O) groups is 2. The molecule has 1 saturated heterocycles. The van der Waals surface area contributed by atoms with Crippen LogP contribution in [-0.4, -0.2) is 28.5 Å². The molecule has 24 heavy (non-hydrogen) atoms. The van der Waals surface area contributed by atoms with Crippen molar-refractivity contribution in [3.63, 3.8) is 0 Å². The van der Waals surface area contributed by atoms with Crippen LogP contribution in [0.15, 0.2) is 42.9 Å². The summed E-state index contributed by atoms with van der Waals surface area (Å²) in [5.41, 5.74) is 1.68. The van der Waals surface area contributed by atoms with Crippen molar-refractivity contribution in [2.75, 3.05) is 11.4 Å². The summed E-state index contributed by atoms with van der Waals surface area (Å²) in [4.78, 5) is 33.4. The van der Waals surface area contributed by atoms with Gasteiger partial charge in [0.15, 0.2) is 0 Å². The van der Waals surface area contributed by atoms with Gasteiger partial charge in [0.25, 0.3) is 0 Å². The second-order valence-electron chi connectivity index (χ2n) is 5.46. The van der Waals surface area contributed by atoms with E-state index >= 15 is 0 Å². The maximum atomic E-state index is 11.8. The number of aromatic nitrogens is 2. The highest BCUT2D eigenvalue weighted by Gasteiger charge is 2.22. The topological polar surface area (TPSA) is 84.4 Å². The summed E-state index contributed by atoms with van der Waals surface area (Å²) in [5.74, 6) is 0.712. The Kier molecular flexibility index (Phi) is 5.00. The van der Waals surface area contributed by atoms with Crippen LogP contribution in [0, 0.1) is 0 Å². The van der Waals surface area contributed by atoms with Gasteiger partial charge in [0.2, 0.25) is 5.91 Å². The van der Waals surface area contributed by atoms with Crippen molar-refractivity contribution in [1.82, 2.24) is 15.3 Å². The van der Waals surface area contributed by atoms with Gasteiger partial charge in [-0.1, -0.05) is 6.07 Å². The highest BCUT2D eigenvalue weighted by Crippen LogP contribution is 2.19. The van der Waals surface area contributed by atoms with Crippen molar-refractivity contribution in [3.05, 3.63) is 54.0 Å². The molecule has 3 heterocycles. The minimum Gasteiger partial charge on any atom is -0.445 e. The molecule has 3 rings (SSSR count). The minimum absolute atomic E-state index is 0.0866. The zero-order valence-corrected chi connectivity index (χ0v) is 13.1. The van der Waals surface area contributed by atoms with Crippen molar-refractivity contribution >= 4 is 17.8 Å². The lowest BCUT2D eigenvalue weighted by atomic mass is 10.2. The molecule has 1 aliphatic rings. The molecule has 0 bridgehead atoms. The molecule has 0 unspecified atom stereocenters. The Hall–Kier alpha value is -2.96. The lowest BCUT2D eigenvalue weighted by Gasteiger charge is -2.15. The maximum Gasteiger partial charge on any atom is 0.407 e. The van der Waals surface area contributed by atoms with Crippen molar-refractivity contribution in [2.24, 2.45) is 0 Å². The second kappa shape index (κ2) is 7.54. The predicted octanol–water partition coefficient (Wildman–Crippen LogP) is 2.03. The second-order valence-corrected chi connectivity index (χ2v) is 5.46. The van der Waals surface area contributed by atoms with Crippen LogP contribution in [0.5, 0.6) is 0 Å². The lowest BCUT2D eigenvalue weighted by Crippen LogP contribution is -2.26. The molecule has 0 radical (unpaired) electrons. The summed E-state index contributed by atoms with van der Waals surface area (Å²) in [5, 5.41) is 2.69. The first kappa shape index (κ1) is 15.9. The third kappa shape index (κ3) is 4.07. The number of pyridine rings is 2. The van der Waals surface area contributed by atoms with Gasteiger partial charge in [-0.3, -0.25) is 14.7 Å². The Balaban J connectivity index is 1.51. The SMILES string of the molecule is O=C(NCc1ccnc(N2CCCC2=O)c1)OCc1cccnc1. The van der Waals surface area contributed by atoms with Gasteiger partial charge in [-0.05, 0) is 30.2 Å². The molecular formula is C17H18N4O3. The van der Waals surface area contributed by atoms with Crippen LogP contribution in [0.4, 0.5) is 10.6 Å². The Bertz CT molecular complexity index is 721. The Morgan fingerprint density at radius 3 is 2.96 bits per heavy atom. The number of hydrogen-bond donors (Lipinski definition) is 1. The van der Waals surface area contributed by atoms with E-state index in [-0.39, 0.29) is 12.5 Å². The van der Waals surface area contributed by atoms with E-state index in [1.165, 1.54) is 0 Å². The first-order chi connectivity index (χ1) is 11.7. The Labute approximate surface area is 139 Å². The van der Waals surface area contributed by atoms with Crippen LogP contribution in [0.25, 0.3) is 0 Å². The highest BCUT2D eigenvalue weighted by atomic mass is 16.5. The number of carbonyl (C=O) groups excluding carboxylic acids is 2. The normalized spacial score (nSPS) is 13.8. The van der Waals surface area contributed by atoms with E-state index in [2.05, 4.69) is 15.3 Å². The van der Waals surface area contributed by atoms with E-state index in [9.17, 15) is 9.59 Å². The molecule has 2 aromatic heterocycles. The van der Waals surface area contributed by atoms with Gasteiger partial charge in [-0.15, -0.1) is 0 Å².